The van der Waals surface area contributed by atoms with Crippen molar-refractivity contribution in [2.45, 2.75) is 25.0 Å². The minimum atomic E-state index is -0.867. The monoisotopic (exact) mass is 277 g/mol. The zero-order chi connectivity index (χ0) is 14.5. The minimum Gasteiger partial charge on any atom is -0.392 e. The lowest BCUT2D eigenvalue weighted by Crippen LogP contribution is -2.48. The molecule has 0 spiro atoms. The molecule has 1 saturated heterocycles. The number of likely N-dealkylation sites (tertiary alicyclic amines) is 1. The largest absolute Gasteiger partial charge is 0.392 e. The fourth-order valence-corrected chi connectivity index (χ4v) is 2.57. The van der Waals surface area contributed by atoms with Crippen LogP contribution in [-0.2, 0) is 4.79 Å². The molecule has 1 fully saturated rings. The van der Waals surface area contributed by atoms with Crippen molar-refractivity contribution in [1.29, 1.82) is 0 Å². The lowest BCUT2D eigenvalue weighted by atomic mass is 10.00. The van der Waals surface area contributed by atoms with Crippen LogP contribution in [0.5, 0.6) is 0 Å². The minimum absolute atomic E-state index is 0.408. The van der Waals surface area contributed by atoms with Gasteiger partial charge in [0.25, 0.3) is 0 Å². The van der Waals surface area contributed by atoms with Gasteiger partial charge in [0, 0.05) is 6.54 Å². The molecule has 2 rings (SSSR count). The standard InChI is InChI=1S/C14H19N3O3/c15-14(20)16-13(19)12(10-5-2-1-3-6-10)17-8-4-7-11(18)9-17/h1-3,5-6,11-12,18H,4,7-9H2,(H3,15,16,19,20)/t11-,12-/m0/s1. The van der Waals surface area contributed by atoms with Gasteiger partial charge >= 0.3 is 6.03 Å². The van der Waals surface area contributed by atoms with Gasteiger partial charge in [-0.25, -0.2) is 4.79 Å². The van der Waals surface area contributed by atoms with Crippen LogP contribution in [0.3, 0.4) is 0 Å². The summed E-state index contributed by atoms with van der Waals surface area (Å²) in [5.74, 6) is -0.460. The number of aliphatic hydroxyl groups excluding tert-OH is 1. The van der Waals surface area contributed by atoms with Gasteiger partial charge in [-0.3, -0.25) is 15.0 Å². The molecule has 6 nitrogen and oxygen atoms in total. The van der Waals surface area contributed by atoms with E-state index in [1.165, 1.54) is 0 Å². The molecule has 0 aliphatic carbocycles. The number of nitrogens with zero attached hydrogens (tertiary/aromatic N) is 1. The number of amides is 3. The Morgan fingerprint density at radius 1 is 1.35 bits per heavy atom. The highest BCUT2D eigenvalue weighted by atomic mass is 16.3. The topological polar surface area (TPSA) is 95.7 Å². The smallest absolute Gasteiger partial charge is 0.318 e. The van der Waals surface area contributed by atoms with E-state index in [1.54, 1.807) is 0 Å². The molecule has 0 saturated carbocycles. The summed E-state index contributed by atoms with van der Waals surface area (Å²) in [6.45, 7) is 1.11. The van der Waals surface area contributed by atoms with Gasteiger partial charge in [-0.15, -0.1) is 0 Å². The normalized spacial score (nSPS) is 21.1. The molecule has 108 valence electrons. The zero-order valence-electron chi connectivity index (χ0n) is 11.2. The number of hydrogen-bond donors (Lipinski definition) is 3. The molecule has 0 radical (unpaired) electrons. The fraction of sp³-hybridized carbons (Fsp3) is 0.429. The van der Waals surface area contributed by atoms with Crippen LogP contribution in [0.2, 0.25) is 0 Å². The second kappa shape index (κ2) is 6.49. The predicted octanol–water partition coefficient (Wildman–Crippen LogP) is 0.379. The SMILES string of the molecule is NC(=O)NC(=O)[C@H](c1ccccc1)N1CCC[C@H](O)C1. The lowest BCUT2D eigenvalue weighted by Gasteiger charge is -2.35. The summed E-state index contributed by atoms with van der Waals surface area (Å²) in [6.07, 6.45) is 1.10. The van der Waals surface area contributed by atoms with E-state index in [1.807, 2.05) is 35.2 Å². The van der Waals surface area contributed by atoms with Crippen LogP contribution in [0.4, 0.5) is 4.79 Å². The van der Waals surface area contributed by atoms with Crippen LogP contribution in [0.25, 0.3) is 0 Å². The van der Waals surface area contributed by atoms with E-state index < -0.39 is 24.1 Å². The molecule has 1 aromatic carbocycles. The highest BCUT2D eigenvalue weighted by Gasteiger charge is 2.31. The summed E-state index contributed by atoms with van der Waals surface area (Å²) >= 11 is 0. The average Bonchev–Trinajstić information content (AvgIpc) is 2.39. The first kappa shape index (κ1) is 14.5. The third kappa shape index (κ3) is 3.55. The molecule has 0 bridgehead atoms. The molecule has 1 aromatic rings. The summed E-state index contributed by atoms with van der Waals surface area (Å²) in [5.41, 5.74) is 5.81. The van der Waals surface area contributed by atoms with E-state index in [4.69, 9.17) is 5.73 Å². The number of piperidine rings is 1. The molecule has 4 N–H and O–H groups in total. The fourth-order valence-electron chi connectivity index (χ4n) is 2.57. The number of aliphatic hydroxyl groups is 1. The Kier molecular flexibility index (Phi) is 4.70. The summed E-state index contributed by atoms with van der Waals surface area (Å²) in [7, 11) is 0. The number of carbonyl (C=O) groups excluding carboxylic acids is 2. The molecule has 20 heavy (non-hydrogen) atoms. The number of β-amino-alcohol motifs (C(OH)–C–C–N with tert-alkyl or cyclic N) is 1. The van der Waals surface area contributed by atoms with Crippen molar-refractivity contribution >= 4 is 11.9 Å². The molecular weight excluding hydrogens is 258 g/mol. The van der Waals surface area contributed by atoms with Crippen molar-refractivity contribution in [2.75, 3.05) is 13.1 Å². The molecule has 3 amide bonds. The molecule has 1 heterocycles. The third-order valence-corrected chi connectivity index (χ3v) is 3.40. The van der Waals surface area contributed by atoms with Gasteiger partial charge in [-0.05, 0) is 24.9 Å². The van der Waals surface area contributed by atoms with E-state index in [-0.39, 0.29) is 0 Å². The number of rotatable bonds is 3. The van der Waals surface area contributed by atoms with Crippen LogP contribution in [0.1, 0.15) is 24.4 Å². The number of nitrogens with one attached hydrogen (secondary N) is 1. The van der Waals surface area contributed by atoms with Gasteiger partial charge in [-0.1, -0.05) is 30.3 Å². The Morgan fingerprint density at radius 2 is 2.05 bits per heavy atom. The van der Waals surface area contributed by atoms with Crippen LogP contribution in [0, 0.1) is 0 Å². The van der Waals surface area contributed by atoms with E-state index in [0.29, 0.717) is 13.1 Å². The van der Waals surface area contributed by atoms with E-state index in [2.05, 4.69) is 5.32 Å². The van der Waals surface area contributed by atoms with E-state index in [0.717, 1.165) is 18.4 Å². The second-order valence-corrected chi connectivity index (χ2v) is 4.96. The van der Waals surface area contributed by atoms with Gasteiger partial charge in [0.05, 0.1) is 6.10 Å². The van der Waals surface area contributed by atoms with Crippen LogP contribution in [0.15, 0.2) is 30.3 Å². The van der Waals surface area contributed by atoms with Crippen molar-refractivity contribution < 1.29 is 14.7 Å². The predicted molar refractivity (Wildman–Crippen MR) is 73.7 cm³/mol. The maximum Gasteiger partial charge on any atom is 0.318 e. The first-order valence-electron chi connectivity index (χ1n) is 6.65. The summed E-state index contributed by atoms with van der Waals surface area (Å²) in [6, 6.07) is 7.70. The van der Waals surface area contributed by atoms with Crippen molar-refractivity contribution in [2.24, 2.45) is 5.73 Å². The van der Waals surface area contributed by atoms with Gasteiger partial charge in [0.2, 0.25) is 5.91 Å². The van der Waals surface area contributed by atoms with E-state index >= 15 is 0 Å². The molecular formula is C14H19N3O3. The number of primary amides is 1. The second-order valence-electron chi connectivity index (χ2n) is 4.96. The molecule has 1 aliphatic rings. The number of carbonyl (C=O) groups is 2. The molecule has 2 atom stereocenters. The summed E-state index contributed by atoms with van der Waals surface area (Å²) < 4.78 is 0. The highest BCUT2D eigenvalue weighted by Crippen LogP contribution is 2.24. The maximum atomic E-state index is 12.2. The quantitative estimate of drug-likeness (QED) is 0.744. The number of imide groups is 1. The van der Waals surface area contributed by atoms with Crippen molar-refractivity contribution in [1.82, 2.24) is 10.2 Å². The van der Waals surface area contributed by atoms with Crippen molar-refractivity contribution in [3.8, 4) is 0 Å². The lowest BCUT2D eigenvalue weighted by molar-refractivity contribution is -0.126. The third-order valence-electron chi connectivity index (χ3n) is 3.40. The average molecular weight is 277 g/mol. The number of benzene rings is 1. The molecule has 6 heteroatoms. The summed E-state index contributed by atoms with van der Waals surface area (Å²) in [4.78, 5) is 25.0. The number of hydrogen-bond acceptors (Lipinski definition) is 4. The van der Waals surface area contributed by atoms with Crippen LogP contribution in [-0.4, -0.2) is 41.1 Å². The molecule has 0 aromatic heterocycles. The highest BCUT2D eigenvalue weighted by molar-refractivity contribution is 5.96. The number of nitrogens with two attached hydrogens (primary N) is 1. The molecule has 1 aliphatic heterocycles. The zero-order valence-corrected chi connectivity index (χ0v) is 11.2. The summed E-state index contributed by atoms with van der Waals surface area (Å²) in [5, 5.41) is 11.9. The first-order chi connectivity index (χ1) is 9.58. The van der Waals surface area contributed by atoms with Crippen molar-refractivity contribution in [3.63, 3.8) is 0 Å². The Labute approximate surface area is 117 Å². The van der Waals surface area contributed by atoms with Gasteiger partial charge < -0.3 is 10.8 Å². The van der Waals surface area contributed by atoms with Crippen LogP contribution < -0.4 is 11.1 Å². The Morgan fingerprint density at radius 3 is 2.65 bits per heavy atom. The van der Waals surface area contributed by atoms with Crippen LogP contribution >= 0.6 is 0 Å². The Balaban J connectivity index is 2.24. The molecule has 0 unspecified atom stereocenters. The number of urea groups is 1. The van der Waals surface area contributed by atoms with Gasteiger partial charge in [0.15, 0.2) is 0 Å². The Bertz CT molecular complexity index is 478. The van der Waals surface area contributed by atoms with Crippen molar-refractivity contribution in [3.05, 3.63) is 35.9 Å². The Hall–Kier alpha value is -1.92. The van der Waals surface area contributed by atoms with Gasteiger partial charge in [0.1, 0.15) is 6.04 Å². The first-order valence-corrected chi connectivity index (χ1v) is 6.65. The van der Waals surface area contributed by atoms with Gasteiger partial charge in [-0.2, -0.15) is 0 Å². The van der Waals surface area contributed by atoms with E-state index in [9.17, 15) is 14.7 Å². The maximum absolute atomic E-state index is 12.2.